The van der Waals surface area contributed by atoms with Crippen LogP contribution in [0.2, 0.25) is 10.2 Å². The number of nitrogens with one attached hydrogen (secondary N) is 1. The summed E-state index contributed by atoms with van der Waals surface area (Å²) in [6, 6.07) is 12.6. The summed E-state index contributed by atoms with van der Waals surface area (Å²) in [5.74, 6) is -1.89. The minimum atomic E-state index is -0.785. The molecule has 1 N–H and O–H groups in total. The van der Waals surface area contributed by atoms with Crippen LogP contribution in [-0.2, 0) is 16.1 Å². The first kappa shape index (κ1) is 20.8. The normalized spacial score (nSPS) is 10.6. The van der Waals surface area contributed by atoms with Crippen molar-refractivity contribution in [2.45, 2.75) is 13.5 Å². The molecule has 0 aliphatic rings. The van der Waals surface area contributed by atoms with Gasteiger partial charge in [0.15, 0.2) is 6.61 Å². The second kappa shape index (κ2) is 9.07. The zero-order valence-electron chi connectivity index (χ0n) is 15.3. The minimum absolute atomic E-state index is 0.0669. The van der Waals surface area contributed by atoms with E-state index in [2.05, 4.69) is 10.4 Å². The highest BCUT2D eigenvalue weighted by atomic mass is 35.5. The highest BCUT2D eigenvalue weighted by Crippen LogP contribution is 2.24. The van der Waals surface area contributed by atoms with Gasteiger partial charge in [-0.25, -0.2) is 13.9 Å². The molecule has 3 aromatic rings. The second-order valence-electron chi connectivity index (χ2n) is 6.13. The lowest BCUT2D eigenvalue weighted by Gasteiger charge is -2.07. The van der Waals surface area contributed by atoms with Gasteiger partial charge in [0.05, 0.1) is 12.2 Å². The van der Waals surface area contributed by atoms with E-state index in [4.69, 9.17) is 27.9 Å². The molecule has 0 saturated carbocycles. The number of nitrogens with zero attached hydrogens (tertiary/aromatic N) is 2. The van der Waals surface area contributed by atoms with Gasteiger partial charge in [0.1, 0.15) is 16.5 Å². The molecule has 0 radical (unpaired) electrons. The number of aryl methyl sites for hydroxylation is 1. The van der Waals surface area contributed by atoms with Gasteiger partial charge in [0, 0.05) is 10.7 Å². The van der Waals surface area contributed by atoms with Crippen LogP contribution in [-0.4, -0.2) is 28.3 Å². The van der Waals surface area contributed by atoms with Crippen LogP contribution >= 0.6 is 23.2 Å². The molecule has 0 aliphatic carbocycles. The van der Waals surface area contributed by atoms with Gasteiger partial charge >= 0.3 is 5.97 Å². The van der Waals surface area contributed by atoms with Gasteiger partial charge in [0.2, 0.25) is 0 Å². The zero-order chi connectivity index (χ0) is 21.0. The summed E-state index contributed by atoms with van der Waals surface area (Å²) in [5.41, 5.74) is 1.47. The van der Waals surface area contributed by atoms with Crippen molar-refractivity contribution < 1.29 is 18.7 Å². The molecule has 1 heterocycles. The van der Waals surface area contributed by atoms with E-state index in [0.717, 1.165) is 11.6 Å². The van der Waals surface area contributed by atoms with Gasteiger partial charge in [-0.1, -0.05) is 47.5 Å². The molecule has 0 bridgehead atoms. The number of ether oxygens (including phenoxy) is 1. The Bertz CT molecular complexity index is 1070. The van der Waals surface area contributed by atoms with Crippen LogP contribution in [0.4, 0.5) is 10.1 Å². The smallest absolute Gasteiger partial charge is 0.343 e. The third kappa shape index (κ3) is 5.13. The van der Waals surface area contributed by atoms with E-state index in [9.17, 15) is 14.0 Å². The van der Waals surface area contributed by atoms with Crippen LogP contribution < -0.4 is 5.32 Å². The first-order valence-electron chi connectivity index (χ1n) is 8.54. The average Bonchev–Trinajstić information content (AvgIpc) is 2.95. The van der Waals surface area contributed by atoms with Crippen molar-refractivity contribution in [2.75, 3.05) is 11.9 Å². The fourth-order valence-corrected chi connectivity index (χ4v) is 3.15. The number of rotatable bonds is 6. The molecule has 3 rings (SSSR count). The number of hydrogen-bond acceptors (Lipinski definition) is 4. The van der Waals surface area contributed by atoms with Gasteiger partial charge in [-0.05, 0) is 36.8 Å². The molecule has 0 spiro atoms. The fraction of sp³-hybridized carbons (Fsp3) is 0.150. The maximum absolute atomic E-state index is 13.2. The van der Waals surface area contributed by atoms with Crippen LogP contribution in [0.1, 0.15) is 21.6 Å². The molecule has 0 fully saturated rings. The molecule has 0 unspecified atom stereocenters. The number of aromatic nitrogens is 2. The van der Waals surface area contributed by atoms with Crippen molar-refractivity contribution in [1.29, 1.82) is 0 Å². The Morgan fingerprint density at radius 1 is 1.17 bits per heavy atom. The summed E-state index contributed by atoms with van der Waals surface area (Å²) in [5, 5.41) is 7.33. The molecular formula is C20H16Cl2FN3O3. The highest BCUT2D eigenvalue weighted by molar-refractivity contribution is 6.33. The van der Waals surface area contributed by atoms with E-state index in [0.29, 0.717) is 10.7 Å². The van der Waals surface area contributed by atoms with Crippen molar-refractivity contribution >= 4 is 40.8 Å². The van der Waals surface area contributed by atoms with E-state index in [1.54, 1.807) is 19.1 Å². The Labute approximate surface area is 176 Å². The number of amides is 1. The molecule has 2 aromatic carbocycles. The van der Waals surface area contributed by atoms with Crippen molar-refractivity contribution in [2.24, 2.45) is 0 Å². The summed E-state index contributed by atoms with van der Waals surface area (Å²) in [7, 11) is 0. The Hall–Kier alpha value is -2.90. The molecule has 6 nitrogen and oxygen atoms in total. The maximum atomic E-state index is 13.2. The summed E-state index contributed by atoms with van der Waals surface area (Å²) in [6.07, 6.45) is 0. The lowest BCUT2D eigenvalue weighted by molar-refractivity contribution is -0.119. The average molecular weight is 436 g/mol. The van der Waals surface area contributed by atoms with E-state index >= 15 is 0 Å². The van der Waals surface area contributed by atoms with Gasteiger partial charge < -0.3 is 10.1 Å². The van der Waals surface area contributed by atoms with Crippen LogP contribution in [0.15, 0.2) is 48.5 Å². The molecule has 9 heteroatoms. The zero-order valence-corrected chi connectivity index (χ0v) is 16.8. The topological polar surface area (TPSA) is 73.2 Å². The third-order valence-corrected chi connectivity index (χ3v) is 4.74. The van der Waals surface area contributed by atoms with Gasteiger partial charge in [-0.3, -0.25) is 4.79 Å². The van der Waals surface area contributed by atoms with Crippen molar-refractivity contribution in [3.05, 3.63) is 81.3 Å². The largest absolute Gasteiger partial charge is 0.452 e. The summed E-state index contributed by atoms with van der Waals surface area (Å²) >= 11 is 12.5. The van der Waals surface area contributed by atoms with Crippen LogP contribution in [0.3, 0.4) is 0 Å². The van der Waals surface area contributed by atoms with Crippen LogP contribution in [0.25, 0.3) is 0 Å². The lowest BCUT2D eigenvalue weighted by Crippen LogP contribution is -2.21. The van der Waals surface area contributed by atoms with Gasteiger partial charge in [-0.15, -0.1) is 0 Å². The van der Waals surface area contributed by atoms with Crippen molar-refractivity contribution in [1.82, 2.24) is 9.78 Å². The van der Waals surface area contributed by atoms with Crippen LogP contribution in [0, 0.1) is 12.7 Å². The van der Waals surface area contributed by atoms with Gasteiger partial charge in [-0.2, -0.15) is 5.10 Å². The first-order chi connectivity index (χ1) is 13.8. The number of halogens is 3. The number of hydrogen-bond donors (Lipinski definition) is 1. The maximum Gasteiger partial charge on any atom is 0.343 e. The molecule has 1 amide bonds. The molecule has 1 aromatic heterocycles. The first-order valence-corrected chi connectivity index (χ1v) is 9.29. The summed E-state index contributed by atoms with van der Waals surface area (Å²) in [6.45, 7) is 1.33. The van der Waals surface area contributed by atoms with Crippen molar-refractivity contribution in [3.8, 4) is 0 Å². The Kier molecular flexibility index (Phi) is 6.51. The molecule has 0 aliphatic heterocycles. The molecular weight excluding hydrogens is 420 g/mol. The summed E-state index contributed by atoms with van der Waals surface area (Å²) < 4.78 is 19.6. The van der Waals surface area contributed by atoms with Crippen molar-refractivity contribution in [3.63, 3.8) is 0 Å². The summed E-state index contributed by atoms with van der Waals surface area (Å²) in [4.78, 5) is 24.3. The number of carbonyl (C=O) groups excluding carboxylic acids is 2. The van der Waals surface area contributed by atoms with E-state index in [-0.39, 0.29) is 22.9 Å². The van der Waals surface area contributed by atoms with E-state index in [1.165, 1.54) is 22.9 Å². The Morgan fingerprint density at radius 2 is 1.93 bits per heavy atom. The second-order valence-corrected chi connectivity index (χ2v) is 6.90. The van der Waals surface area contributed by atoms with E-state index in [1.807, 2.05) is 12.1 Å². The standard InChI is InChI=1S/C20H16Cl2FN3O3/c1-12-18(19(22)26(25-12)10-13-5-2-3-8-16(13)21)20(28)29-11-17(27)24-15-7-4-6-14(23)9-15/h2-9H,10-11H2,1H3,(H,24,27). The minimum Gasteiger partial charge on any atom is -0.452 e. The van der Waals surface area contributed by atoms with E-state index < -0.39 is 24.3 Å². The molecule has 0 atom stereocenters. The number of anilines is 1. The Balaban J connectivity index is 1.65. The highest BCUT2D eigenvalue weighted by Gasteiger charge is 2.23. The quantitative estimate of drug-likeness (QED) is 0.579. The SMILES string of the molecule is Cc1nn(Cc2ccccc2Cl)c(Cl)c1C(=O)OCC(=O)Nc1cccc(F)c1. The predicted octanol–water partition coefficient (Wildman–Crippen LogP) is 4.48. The molecule has 29 heavy (non-hydrogen) atoms. The third-order valence-electron chi connectivity index (χ3n) is 3.99. The molecule has 0 saturated heterocycles. The molecule has 150 valence electrons. The fourth-order valence-electron chi connectivity index (χ4n) is 2.64. The lowest BCUT2D eigenvalue weighted by atomic mass is 10.2. The monoisotopic (exact) mass is 435 g/mol. The Morgan fingerprint density at radius 3 is 2.66 bits per heavy atom. The predicted molar refractivity (Wildman–Crippen MR) is 108 cm³/mol. The number of carbonyl (C=O) groups is 2. The number of esters is 1. The van der Waals surface area contributed by atoms with Crippen LogP contribution in [0.5, 0.6) is 0 Å². The number of benzene rings is 2. The van der Waals surface area contributed by atoms with Gasteiger partial charge in [0.25, 0.3) is 5.91 Å².